The lowest BCUT2D eigenvalue weighted by Crippen LogP contribution is -2.54. The molecule has 0 aromatic carbocycles. The summed E-state index contributed by atoms with van der Waals surface area (Å²) in [6, 6.07) is -0.0101. The van der Waals surface area contributed by atoms with E-state index in [4.69, 9.17) is 0 Å². The number of hydrogen-bond acceptors (Lipinski definition) is 3. The summed E-state index contributed by atoms with van der Waals surface area (Å²) in [5.74, 6) is 0.418. The van der Waals surface area contributed by atoms with Gasteiger partial charge in [-0.25, -0.2) is 0 Å². The van der Waals surface area contributed by atoms with Crippen molar-refractivity contribution in [2.75, 3.05) is 19.6 Å². The van der Waals surface area contributed by atoms with Gasteiger partial charge in [0, 0.05) is 19.0 Å². The van der Waals surface area contributed by atoms with E-state index in [1.165, 1.54) is 0 Å². The molecule has 1 atom stereocenters. The average Bonchev–Trinajstić information content (AvgIpc) is 2.91. The molecule has 3 N–H and O–H groups in total. The van der Waals surface area contributed by atoms with Crippen LogP contribution in [0.3, 0.4) is 0 Å². The lowest BCUT2D eigenvalue weighted by molar-refractivity contribution is -0.125. The Morgan fingerprint density at radius 2 is 1.67 bits per heavy atom. The summed E-state index contributed by atoms with van der Waals surface area (Å²) >= 11 is 0. The highest BCUT2D eigenvalue weighted by Gasteiger charge is 2.29. The molecule has 0 aromatic heterocycles. The quantitative estimate of drug-likeness (QED) is 0.510. The Bertz CT molecular complexity index is 259. The predicted molar refractivity (Wildman–Crippen MR) is 55.2 cm³/mol. The zero-order chi connectivity index (χ0) is 10.7. The van der Waals surface area contributed by atoms with Crippen LogP contribution in [0.2, 0.25) is 0 Å². The smallest absolute Gasteiger partial charge is 0.237 e. The summed E-state index contributed by atoms with van der Waals surface area (Å²) in [5, 5.41) is 8.61. The zero-order valence-electron chi connectivity index (χ0n) is 8.71. The van der Waals surface area contributed by atoms with Gasteiger partial charge in [0.15, 0.2) is 0 Å². The standard InChI is InChI=1S/C10H17N3O2/c14-9(7-1-2-7)12-5-6-13-10(15)8-3-4-11-8/h7-8,11H,1-6H2,(H,12,14)(H,13,15)/t8-/m1/s1. The van der Waals surface area contributed by atoms with Gasteiger partial charge in [-0.05, 0) is 25.8 Å². The highest BCUT2D eigenvalue weighted by atomic mass is 16.2. The molecule has 0 radical (unpaired) electrons. The average molecular weight is 211 g/mol. The molecule has 84 valence electrons. The SMILES string of the molecule is O=C(NCCNC(=O)[C@H]1CCN1)C1CC1. The Morgan fingerprint density at radius 3 is 2.13 bits per heavy atom. The normalized spacial score (nSPS) is 24.1. The van der Waals surface area contributed by atoms with Crippen molar-refractivity contribution in [3.63, 3.8) is 0 Å². The monoisotopic (exact) mass is 211 g/mol. The van der Waals surface area contributed by atoms with Gasteiger partial charge in [0.05, 0.1) is 6.04 Å². The van der Waals surface area contributed by atoms with Gasteiger partial charge in [0.25, 0.3) is 0 Å². The summed E-state index contributed by atoms with van der Waals surface area (Å²) in [4.78, 5) is 22.5. The van der Waals surface area contributed by atoms with Gasteiger partial charge in [-0.2, -0.15) is 0 Å². The van der Waals surface area contributed by atoms with Gasteiger partial charge in [-0.3, -0.25) is 9.59 Å². The number of carbonyl (C=O) groups is 2. The van der Waals surface area contributed by atoms with Gasteiger partial charge in [0.1, 0.15) is 0 Å². The minimum Gasteiger partial charge on any atom is -0.354 e. The van der Waals surface area contributed by atoms with Crippen molar-refractivity contribution in [2.45, 2.75) is 25.3 Å². The van der Waals surface area contributed by atoms with E-state index in [9.17, 15) is 9.59 Å². The first-order valence-electron chi connectivity index (χ1n) is 5.56. The summed E-state index contributed by atoms with van der Waals surface area (Å²) in [6.07, 6.45) is 2.95. The summed E-state index contributed by atoms with van der Waals surface area (Å²) in [6.45, 7) is 1.99. The Balaban J connectivity index is 1.50. The van der Waals surface area contributed by atoms with E-state index in [2.05, 4.69) is 16.0 Å². The fraction of sp³-hybridized carbons (Fsp3) is 0.800. The Morgan fingerprint density at radius 1 is 1.07 bits per heavy atom. The van der Waals surface area contributed by atoms with Crippen LogP contribution in [0.15, 0.2) is 0 Å². The van der Waals surface area contributed by atoms with Crippen LogP contribution >= 0.6 is 0 Å². The zero-order valence-corrected chi connectivity index (χ0v) is 8.71. The Kier molecular flexibility index (Phi) is 3.20. The molecule has 1 aliphatic carbocycles. The van der Waals surface area contributed by atoms with Crippen LogP contribution in [0.1, 0.15) is 19.3 Å². The first kappa shape index (κ1) is 10.4. The molecule has 0 aromatic rings. The molecule has 15 heavy (non-hydrogen) atoms. The van der Waals surface area contributed by atoms with Crippen LogP contribution in [-0.4, -0.2) is 37.5 Å². The molecular formula is C10H17N3O2. The van der Waals surface area contributed by atoms with Gasteiger partial charge in [-0.15, -0.1) is 0 Å². The number of amides is 2. The van der Waals surface area contributed by atoms with Crippen molar-refractivity contribution >= 4 is 11.8 Å². The number of carbonyl (C=O) groups excluding carboxylic acids is 2. The summed E-state index contributed by atoms with van der Waals surface area (Å²) in [7, 11) is 0. The topological polar surface area (TPSA) is 70.2 Å². The lowest BCUT2D eigenvalue weighted by Gasteiger charge is -2.26. The molecule has 2 fully saturated rings. The third-order valence-electron chi connectivity index (χ3n) is 2.81. The fourth-order valence-corrected chi connectivity index (χ4v) is 1.50. The van der Waals surface area contributed by atoms with Crippen LogP contribution in [-0.2, 0) is 9.59 Å². The van der Waals surface area contributed by atoms with Crippen molar-refractivity contribution < 1.29 is 9.59 Å². The van der Waals surface area contributed by atoms with Crippen molar-refractivity contribution in [1.29, 1.82) is 0 Å². The van der Waals surface area contributed by atoms with Gasteiger partial charge in [0.2, 0.25) is 11.8 Å². The third-order valence-corrected chi connectivity index (χ3v) is 2.81. The van der Waals surface area contributed by atoms with E-state index in [1.807, 2.05) is 0 Å². The van der Waals surface area contributed by atoms with Gasteiger partial charge in [-0.1, -0.05) is 0 Å². The van der Waals surface area contributed by atoms with Crippen molar-refractivity contribution in [1.82, 2.24) is 16.0 Å². The fourth-order valence-electron chi connectivity index (χ4n) is 1.50. The molecule has 1 aliphatic heterocycles. The highest BCUT2D eigenvalue weighted by Crippen LogP contribution is 2.28. The molecule has 1 saturated heterocycles. The molecule has 0 bridgehead atoms. The number of rotatable bonds is 5. The predicted octanol–water partition coefficient (Wildman–Crippen LogP) is -1.01. The second-order valence-corrected chi connectivity index (χ2v) is 4.15. The molecule has 2 amide bonds. The first-order chi connectivity index (χ1) is 7.27. The maximum atomic E-state index is 11.3. The molecular weight excluding hydrogens is 194 g/mol. The molecule has 0 unspecified atom stereocenters. The first-order valence-corrected chi connectivity index (χ1v) is 5.56. The number of hydrogen-bond donors (Lipinski definition) is 3. The van der Waals surface area contributed by atoms with Crippen LogP contribution < -0.4 is 16.0 Å². The molecule has 2 aliphatic rings. The van der Waals surface area contributed by atoms with Gasteiger partial charge < -0.3 is 16.0 Å². The maximum Gasteiger partial charge on any atom is 0.237 e. The highest BCUT2D eigenvalue weighted by molar-refractivity contribution is 5.83. The van der Waals surface area contributed by atoms with E-state index in [1.54, 1.807) is 0 Å². The molecule has 2 rings (SSSR count). The number of nitrogens with one attached hydrogen (secondary N) is 3. The molecule has 0 spiro atoms. The summed E-state index contributed by atoms with van der Waals surface area (Å²) in [5.41, 5.74) is 0. The molecule has 1 heterocycles. The second kappa shape index (κ2) is 4.61. The minimum atomic E-state index is -0.0101. The van der Waals surface area contributed by atoms with E-state index < -0.39 is 0 Å². The maximum absolute atomic E-state index is 11.3. The Labute approximate surface area is 89.0 Å². The van der Waals surface area contributed by atoms with E-state index in [0.717, 1.165) is 25.8 Å². The molecule has 5 heteroatoms. The van der Waals surface area contributed by atoms with Crippen LogP contribution in [0.5, 0.6) is 0 Å². The van der Waals surface area contributed by atoms with Crippen molar-refractivity contribution in [3.05, 3.63) is 0 Å². The largest absolute Gasteiger partial charge is 0.354 e. The van der Waals surface area contributed by atoms with Gasteiger partial charge >= 0.3 is 0 Å². The van der Waals surface area contributed by atoms with E-state index in [0.29, 0.717) is 13.1 Å². The van der Waals surface area contributed by atoms with Crippen molar-refractivity contribution in [3.8, 4) is 0 Å². The third kappa shape index (κ3) is 2.92. The van der Waals surface area contributed by atoms with Crippen molar-refractivity contribution in [2.24, 2.45) is 5.92 Å². The van der Waals surface area contributed by atoms with E-state index >= 15 is 0 Å². The molecule has 5 nitrogen and oxygen atoms in total. The van der Waals surface area contributed by atoms with E-state index in [-0.39, 0.29) is 23.8 Å². The minimum absolute atomic E-state index is 0.0101. The van der Waals surface area contributed by atoms with Crippen LogP contribution in [0.4, 0.5) is 0 Å². The second-order valence-electron chi connectivity index (χ2n) is 4.15. The molecule has 1 saturated carbocycles. The Hall–Kier alpha value is -1.10. The lowest BCUT2D eigenvalue weighted by atomic mass is 10.1. The summed E-state index contributed by atoms with van der Waals surface area (Å²) < 4.78 is 0. The van der Waals surface area contributed by atoms with Crippen LogP contribution in [0.25, 0.3) is 0 Å². The van der Waals surface area contributed by atoms with Crippen LogP contribution in [0, 0.1) is 5.92 Å².